The molecule has 0 bridgehead atoms. The molecule has 2 heterocycles. The summed E-state index contributed by atoms with van der Waals surface area (Å²) in [7, 11) is 1.54. The van der Waals surface area contributed by atoms with Crippen molar-refractivity contribution in [2.75, 3.05) is 24.7 Å². The van der Waals surface area contributed by atoms with Crippen LogP contribution in [0.2, 0.25) is 0 Å². The van der Waals surface area contributed by atoms with Gasteiger partial charge >= 0.3 is 6.18 Å². The quantitative estimate of drug-likeness (QED) is 0.455. The van der Waals surface area contributed by atoms with E-state index in [0.717, 1.165) is 0 Å². The number of hydrogen-bond acceptors (Lipinski definition) is 6. The van der Waals surface area contributed by atoms with Crippen molar-refractivity contribution >= 4 is 22.7 Å². The van der Waals surface area contributed by atoms with Crippen LogP contribution in [-0.4, -0.2) is 34.4 Å². The predicted molar refractivity (Wildman–Crippen MR) is 116 cm³/mol. The Morgan fingerprint density at radius 3 is 2.41 bits per heavy atom. The number of pyridine rings is 1. The zero-order chi connectivity index (χ0) is 22.9. The molecule has 4 rings (SSSR count). The number of rotatable bonds is 5. The summed E-state index contributed by atoms with van der Waals surface area (Å²) in [6.07, 6.45) is -3.06. The number of benzene rings is 2. The van der Waals surface area contributed by atoms with Crippen molar-refractivity contribution in [3.8, 4) is 22.6 Å². The number of anilines is 2. The molecular formula is C22H18F3N5O2. The summed E-state index contributed by atoms with van der Waals surface area (Å²) >= 11 is 0. The number of nitrogens with two attached hydrogens (primary N) is 1. The van der Waals surface area contributed by atoms with E-state index in [0.29, 0.717) is 33.6 Å². The second kappa shape index (κ2) is 8.22. The van der Waals surface area contributed by atoms with Crippen molar-refractivity contribution in [1.82, 2.24) is 14.5 Å². The molecule has 0 radical (unpaired) electrons. The van der Waals surface area contributed by atoms with Crippen molar-refractivity contribution in [1.29, 1.82) is 0 Å². The van der Waals surface area contributed by atoms with Crippen molar-refractivity contribution in [3.05, 3.63) is 71.1 Å². The number of hydrogen-bond donors (Lipinski definition) is 2. The molecule has 2 aromatic carbocycles. The van der Waals surface area contributed by atoms with E-state index in [1.807, 2.05) is 0 Å². The zero-order valence-electron chi connectivity index (χ0n) is 16.8. The Kier molecular flexibility index (Phi) is 5.43. The lowest BCUT2D eigenvalue weighted by Gasteiger charge is -2.14. The van der Waals surface area contributed by atoms with Crippen LogP contribution in [0.5, 0.6) is 5.75 Å². The van der Waals surface area contributed by atoms with E-state index in [1.165, 1.54) is 10.8 Å². The van der Waals surface area contributed by atoms with E-state index in [1.54, 1.807) is 61.7 Å². The van der Waals surface area contributed by atoms with Gasteiger partial charge in [0.15, 0.2) is 5.65 Å². The van der Waals surface area contributed by atoms with Gasteiger partial charge in [0.2, 0.25) is 5.95 Å². The molecule has 0 aliphatic heterocycles. The average molecular weight is 441 g/mol. The summed E-state index contributed by atoms with van der Waals surface area (Å²) in [6.45, 7) is -1.30. The van der Waals surface area contributed by atoms with E-state index in [4.69, 9.17) is 10.5 Å². The number of nitrogen functional groups attached to an aromatic ring is 1. The van der Waals surface area contributed by atoms with Crippen LogP contribution in [0, 0.1) is 0 Å². The lowest BCUT2D eigenvalue weighted by molar-refractivity contribution is -0.115. The maximum absolute atomic E-state index is 13.5. The minimum Gasteiger partial charge on any atom is -0.497 e. The van der Waals surface area contributed by atoms with Crippen molar-refractivity contribution in [2.45, 2.75) is 6.18 Å². The molecule has 164 valence electrons. The smallest absolute Gasteiger partial charge is 0.405 e. The first-order valence-corrected chi connectivity index (χ1v) is 9.49. The molecule has 0 unspecified atom stereocenters. The average Bonchev–Trinajstić information content (AvgIpc) is 2.78. The minimum absolute atomic E-state index is 0.164. The van der Waals surface area contributed by atoms with Gasteiger partial charge in [-0.3, -0.25) is 9.36 Å². The zero-order valence-corrected chi connectivity index (χ0v) is 16.8. The summed E-state index contributed by atoms with van der Waals surface area (Å²) in [5.41, 5.74) is 7.51. The van der Waals surface area contributed by atoms with Crippen LogP contribution in [-0.2, 0) is 0 Å². The molecule has 3 N–H and O–H groups in total. The summed E-state index contributed by atoms with van der Waals surface area (Å²) in [5.74, 6) is 0.396. The molecule has 0 aliphatic rings. The first-order chi connectivity index (χ1) is 15.2. The maximum atomic E-state index is 13.5. The molecule has 7 nitrogen and oxygen atoms in total. The summed E-state index contributed by atoms with van der Waals surface area (Å²) in [4.78, 5) is 21.7. The third-order valence-corrected chi connectivity index (χ3v) is 4.74. The largest absolute Gasteiger partial charge is 0.497 e. The highest BCUT2D eigenvalue weighted by Gasteiger charge is 2.27. The van der Waals surface area contributed by atoms with Crippen molar-refractivity contribution < 1.29 is 17.9 Å². The number of methoxy groups -OCH3 is 1. The Bertz CT molecular complexity index is 1320. The Morgan fingerprint density at radius 1 is 1.09 bits per heavy atom. The number of nitrogens with one attached hydrogen (secondary N) is 1. The van der Waals surface area contributed by atoms with Crippen LogP contribution in [0.15, 0.2) is 65.6 Å². The van der Waals surface area contributed by atoms with Gasteiger partial charge in [0, 0.05) is 22.8 Å². The highest BCUT2D eigenvalue weighted by molar-refractivity contribution is 5.83. The molecule has 0 aliphatic carbocycles. The van der Waals surface area contributed by atoms with Gasteiger partial charge in [-0.15, -0.1) is 0 Å². The van der Waals surface area contributed by atoms with Gasteiger partial charge in [-0.05, 0) is 48.0 Å². The number of halogens is 3. The van der Waals surface area contributed by atoms with Gasteiger partial charge in [0.1, 0.15) is 12.3 Å². The Labute approximate surface area is 180 Å². The summed E-state index contributed by atoms with van der Waals surface area (Å²) in [5, 5.41) is 2.62. The van der Waals surface area contributed by atoms with Gasteiger partial charge in [0.25, 0.3) is 5.56 Å². The second-order valence-corrected chi connectivity index (χ2v) is 6.96. The second-order valence-electron chi connectivity index (χ2n) is 6.96. The van der Waals surface area contributed by atoms with Crippen LogP contribution in [0.25, 0.3) is 27.8 Å². The molecule has 0 fully saturated rings. The SMILES string of the molecule is COc1ccc(-c2cc3cnc(NCC(F)(F)F)nc3n(-c3ccc(N)cc3)c2=O)cc1. The van der Waals surface area contributed by atoms with Crippen molar-refractivity contribution in [2.24, 2.45) is 0 Å². The monoisotopic (exact) mass is 441 g/mol. The standard InChI is InChI=1S/C22H18F3N5O2/c1-32-17-8-2-13(3-9-17)18-10-14-11-27-21(28-12-22(23,24)25)29-19(14)30(20(18)31)16-6-4-15(26)5-7-16/h2-11H,12,26H2,1H3,(H,27,28,29). The fourth-order valence-corrected chi connectivity index (χ4v) is 3.20. The van der Waals surface area contributed by atoms with Crippen LogP contribution in [0.3, 0.4) is 0 Å². The highest BCUT2D eigenvalue weighted by atomic mass is 19.4. The Morgan fingerprint density at radius 2 is 1.78 bits per heavy atom. The van der Waals surface area contributed by atoms with Gasteiger partial charge in [-0.2, -0.15) is 18.2 Å². The Balaban J connectivity index is 1.93. The van der Waals surface area contributed by atoms with Crippen LogP contribution < -0.4 is 21.3 Å². The minimum atomic E-state index is -4.44. The number of ether oxygens (including phenoxy) is 1. The normalized spacial score (nSPS) is 11.5. The molecule has 0 saturated heterocycles. The lowest BCUT2D eigenvalue weighted by Crippen LogP contribution is -2.24. The third kappa shape index (κ3) is 4.34. The van der Waals surface area contributed by atoms with E-state index < -0.39 is 18.3 Å². The topological polar surface area (TPSA) is 95.1 Å². The number of aromatic nitrogens is 3. The first-order valence-electron chi connectivity index (χ1n) is 9.49. The lowest BCUT2D eigenvalue weighted by atomic mass is 10.1. The van der Waals surface area contributed by atoms with Gasteiger partial charge < -0.3 is 15.8 Å². The van der Waals surface area contributed by atoms with E-state index in [9.17, 15) is 18.0 Å². The van der Waals surface area contributed by atoms with Crippen LogP contribution in [0.1, 0.15) is 0 Å². The highest BCUT2D eigenvalue weighted by Crippen LogP contribution is 2.25. The Hall–Kier alpha value is -4.08. The summed E-state index contributed by atoms with van der Waals surface area (Å²) in [6, 6.07) is 15.1. The van der Waals surface area contributed by atoms with Gasteiger partial charge in [-0.25, -0.2) is 4.98 Å². The molecule has 4 aromatic rings. The molecule has 10 heteroatoms. The van der Waals surface area contributed by atoms with E-state index in [2.05, 4.69) is 15.3 Å². The number of fused-ring (bicyclic) bond motifs is 1. The fourth-order valence-electron chi connectivity index (χ4n) is 3.20. The molecule has 0 saturated carbocycles. The van der Waals surface area contributed by atoms with E-state index in [-0.39, 0.29) is 11.6 Å². The molecule has 32 heavy (non-hydrogen) atoms. The molecular weight excluding hydrogens is 423 g/mol. The fraction of sp³-hybridized carbons (Fsp3) is 0.136. The molecule has 0 atom stereocenters. The van der Waals surface area contributed by atoms with Gasteiger partial charge in [0.05, 0.1) is 12.8 Å². The molecule has 2 aromatic heterocycles. The molecule has 0 spiro atoms. The van der Waals surface area contributed by atoms with E-state index >= 15 is 0 Å². The third-order valence-electron chi connectivity index (χ3n) is 4.74. The van der Waals surface area contributed by atoms with Gasteiger partial charge in [-0.1, -0.05) is 12.1 Å². The number of nitrogens with zero attached hydrogens (tertiary/aromatic N) is 3. The maximum Gasteiger partial charge on any atom is 0.405 e. The van der Waals surface area contributed by atoms with Crippen molar-refractivity contribution in [3.63, 3.8) is 0 Å². The van der Waals surface area contributed by atoms with Crippen LogP contribution in [0.4, 0.5) is 24.8 Å². The molecule has 0 amide bonds. The summed E-state index contributed by atoms with van der Waals surface area (Å²) < 4.78 is 44.3. The number of alkyl halides is 3. The predicted octanol–water partition coefficient (Wildman–Crippen LogP) is 4.01. The first kappa shape index (κ1) is 21.2. The van der Waals surface area contributed by atoms with Crippen LogP contribution >= 0.6 is 0 Å².